The molecule has 2 heterocycles. The average Bonchev–Trinajstić information content (AvgIpc) is 3.12. The Balaban J connectivity index is 1.41. The van der Waals surface area contributed by atoms with E-state index in [2.05, 4.69) is 43.9 Å². The fourth-order valence-corrected chi connectivity index (χ4v) is 6.68. The number of amides is 4. The van der Waals surface area contributed by atoms with Crippen LogP contribution in [0.3, 0.4) is 0 Å². The first kappa shape index (κ1) is 33.2. The van der Waals surface area contributed by atoms with Crippen LogP contribution in [0, 0.1) is 0 Å². The van der Waals surface area contributed by atoms with Gasteiger partial charge in [-0.2, -0.15) is 0 Å². The Labute approximate surface area is 261 Å². The second kappa shape index (κ2) is 11.3. The van der Waals surface area contributed by atoms with Gasteiger partial charge in [-0.15, -0.1) is 0 Å². The second-order valence-electron chi connectivity index (χ2n) is 15.7. The molecule has 4 N–H and O–H groups in total. The Morgan fingerprint density at radius 1 is 0.864 bits per heavy atom. The maximum absolute atomic E-state index is 13.4. The first-order chi connectivity index (χ1) is 20.1. The summed E-state index contributed by atoms with van der Waals surface area (Å²) in [6.07, 6.45) is 1.79. The molecule has 0 spiro atoms. The molecule has 0 aliphatic carbocycles. The van der Waals surface area contributed by atoms with Crippen molar-refractivity contribution in [2.24, 2.45) is 0 Å². The SMILES string of the molecule is CC1(C)CC(N2C(=O)c3ccc(C(=O)NNC(=O)CCc4cc(C(C)(C)C)c(O)c(C(C)(C)C)c4)cc3C2=O)CC(C)(C)N1. The van der Waals surface area contributed by atoms with Gasteiger partial charge in [-0.1, -0.05) is 53.7 Å². The number of carbonyl (C=O) groups excluding carboxylic acids is 4. The molecular weight excluding hydrogens is 556 g/mol. The Hall–Kier alpha value is -3.72. The first-order valence-electron chi connectivity index (χ1n) is 15.4. The molecular formula is C35H48N4O5. The Bertz CT molecular complexity index is 1460. The van der Waals surface area contributed by atoms with Gasteiger partial charge in [0.05, 0.1) is 11.1 Å². The van der Waals surface area contributed by atoms with Gasteiger partial charge in [0.25, 0.3) is 17.7 Å². The van der Waals surface area contributed by atoms with E-state index < -0.39 is 11.8 Å². The predicted octanol–water partition coefficient (Wildman–Crippen LogP) is 5.29. The molecule has 0 unspecified atom stereocenters. The van der Waals surface area contributed by atoms with Crippen molar-refractivity contribution < 1.29 is 24.3 Å². The molecule has 0 bridgehead atoms. The van der Waals surface area contributed by atoms with Crippen molar-refractivity contribution in [3.63, 3.8) is 0 Å². The zero-order valence-electron chi connectivity index (χ0n) is 27.8. The number of aromatic hydroxyl groups is 1. The van der Waals surface area contributed by atoms with E-state index in [0.717, 1.165) is 16.7 Å². The molecule has 4 rings (SSSR count). The van der Waals surface area contributed by atoms with E-state index in [4.69, 9.17) is 0 Å². The number of piperidine rings is 1. The Kier molecular flexibility index (Phi) is 8.54. The molecule has 0 aromatic heterocycles. The standard InChI is InChI=1S/C35H48N4O5/c1-32(2,3)25-15-20(16-26(28(25)41)33(4,5)6)11-14-27(40)36-37-29(42)21-12-13-23-24(17-21)31(44)39(30(23)43)22-18-34(7,8)38-35(9,10)19-22/h12-13,15-17,22,38,41H,11,14,18-19H2,1-10H3,(H,36,40)(H,37,42). The molecule has 44 heavy (non-hydrogen) atoms. The van der Waals surface area contributed by atoms with Gasteiger partial charge in [-0.05, 0) is 92.7 Å². The number of hydrogen-bond acceptors (Lipinski definition) is 6. The summed E-state index contributed by atoms with van der Waals surface area (Å²) in [6.45, 7) is 20.5. The van der Waals surface area contributed by atoms with Crippen LogP contribution in [-0.2, 0) is 22.0 Å². The monoisotopic (exact) mass is 604 g/mol. The number of benzene rings is 2. The lowest BCUT2D eigenvalue weighted by Crippen LogP contribution is -2.62. The van der Waals surface area contributed by atoms with Crippen LogP contribution in [0.1, 0.15) is 136 Å². The first-order valence-corrected chi connectivity index (χ1v) is 15.4. The average molecular weight is 605 g/mol. The fourth-order valence-electron chi connectivity index (χ4n) is 6.68. The van der Waals surface area contributed by atoms with Crippen molar-refractivity contribution >= 4 is 23.6 Å². The highest BCUT2D eigenvalue weighted by atomic mass is 16.3. The normalized spacial score (nSPS) is 18.3. The number of hydrazine groups is 1. The molecule has 2 aliphatic rings. The molecule has 0 radical (unpaired) electrons. The number of hydrogen-bond donors (Lipinski definition) is 4. The third-order valence-electron chi connectivity index (χ3n) is 8.46. The van der Waals surface area contributed by atoms with Crippen LogP contribution in [-0.4, -0.2) is 50.8 Å². The number of carbonyl (C=O) groups is 4. The van der Waals surface area contributed by atoms with Gasteiger partial charge in [0.15, 0.2) is 0 Å². The van der Waals surface area contributed by atoms with Crippen LogP contribution < -0.4 is 16.2 Å². The van der Waals surface area contributed by atoms with E-state index in [0.29, 0.717) is 19.3 Å². The minimum absolute atomic E-state index is 0.118. The van der Waals surface area contributed by atoms with Gasteiger partial charge < -0.3 is 10.4 Å². The molecule has 1 saturated heterocycles. The van der Waals surface area contributed by atoms with Crippen molar-refractivity contribution in [2.75, 3.05) is 0 Å². The molecule has 238 valence electrons. The number of aryl methyl sites for hydroxylation is 1. The molecule has 9 nitrogen and oxygen atoms in total. The van der Waals surface area contributed by atoms with Crippen LogP contribution in [0.4, 0.5) is 0 Å². The summed E-state index contributed by atoms with van der Waals surface area (Å²) in [4.78, 5) is 53.7. The fraction of sp³-hybridized carbons (Fsp3) is 0.543. The number of phenolic OH excluding ortho intramolecular Hbond substituents is 1. The highest BCUT2D eigenvalue weighted by Gasteiger charge is 2.47. The van der Waals surface area contributed by atoms with Gasteiger partial charge in [-0.3, -0.25) is 34.9 Å². The summed E-state index contributed by atoms with van der Waals surface area (Å²) in [7, 11) is 0. The summed E-state index contributed by atoms with van der Waals surface area (Å²) in [5, 5.41) is 14.5. The summed E-state index contributed by atoms with van der Waals surface area (Å²) in [5.41, 5.74) is 7.04. The molecule has 2 aromatic rings. The number of imide groups is 1. The van der Waals surface area contributed by atoms with Gasteiger partial charge in [-0.25, -0.2) is 0 Å². The Morgan fingerprint density at radius 3 is 1.91 bits per heavy atom. The smallest absolute Gasteiger partial charge is 0.269 e. The molecule has 4 amide bonds. The largest absolute Gasteiger partial charge is 0.507 e. The van der Waals surface area contributed by atoms with Crippen LogP contribution in [0.15, 0.2) is 30.3 Å². The van der Waals surface area contributed by atoms with Gasteiger partial charge in [0.2, 0.25) is 5.91 Å². The van der Waals surface area contributed by atoms with Gasteiger partial charge in [0.1, 0.15) is 5.75 Å². The molecule has 0 atom stereocenters. The molecule has 2 aromatic carbocycles. The highest BCUT2D eigenvalue weighted by Crippen LogP contribution is 2.40. The van der Waals surface area contributed by atoms with Crippen molar-refractivity contribution in [2.45, 2.75) is 123 Å². The molecule has 0 saturated carbocycles. The number of nitrogens with one attached hydrogen (secondary N) is 3. The minimum Gasteiger partial charge on any atom is -0.507 e. The predicted molar refractivity (Wildman–Crippen MR) is 171 cm³/mol. The molecule has 1 fully saturated rings. The Morgan fingerprint density at radius 2 is 1.39 bits per heavy atom. The minimum atomic E-state index is -0.585. The summed E-state index contributed by atoms with van der Waals surface area (Å²) in [5.74, 6) is -1.43. The lowest BCUT2D eigenvalue weighted by atomic mass is 9.78. The number of fused-ring (bicyclic) bond motifs is 1. The quantitative estimate of drug-likeness (QED) is 0.271. The van der Waals surface area contributed by atoms with Crippen LogP contribution in [0.25, 0.3) is 0 Å². The number of rotatable bonds is 5. The zero-order valence-corrected chi connectivity index (χ0v) is 27.8. The summed E-state index contributed by atoms with van der Waals surface area (Å²) in [6, 6.07) is 8.03. The van der Waals surface area contributed by atoms with E-state index in [1.54, 1.807) is 0 Å². The maximum Gasteiger partial charge on any atom is 0.269 e. The topological polar surface area (TPSA) is 128 Å². The van der Waals surface area contributed by atoms with E-state index in [9.17, 15) is 24.3 Å². The van der Waals surface area contributed by atoms with Crippen molar-refractivity contribution in [3.05, 3.63) is 63.7 Å². The summed E-state index contributed by atoms with van der Waals surface area (Å²) >= 11 is 0. The van der Waals surface area contributed by atoms with Crippen LogP contribution in [0.2, 0.25) is 0 Å². The number of nitrogens with zero attached hydrogens (tertiary/aromatic N) is 1. The van der Waals surface area contributed by atoms with Gasteiger partial charge in [0, 0.05) is 29.1 Å². The van der Waals surface area contributed by atoms with Crippen molar-refractivity contribution in [3.8, 4) is 5.75 Å². The van der Waals surface area contributed by atoms with Crippen molar-refractivity contribution in [1.29, 1.82) is 0 Å². The van der Waals surface area contributed by atoms with E-state index in [1.165, 1.54) is 23.1 Å². The molecule has 2 aliphatic heterocycles. The highest BCUT2D eigenvalue weighted by molar-refractivity contribution is 6.22. The molecule has 9 heteroatoms. The van der Waals surface area contributed by atoms with E-state index >= 15 is 0 Å². The van der Waals surface area contributed by atoms with Crippen molar-refractivity contribution in [1.82, 2.24) is 21.1 Å². The second-order valence-corrected chi connectivity index (χ2v) is 15.7. The maximum atomic E-state index is 13.4. The number of phenols is 1. The van der Waals surface area contributed by atoms with Gasteiger partial charge >= 0.3 is 0 Å². The summed E-state index contributed by atoms with van der Waals surface area (Å²) < 4.78 is 0. The van der Waals surface area contributed by atoms with E-state index in [-0.39, 0.29) is 68.6 Å². The lowest BCUT2D eigenvalue weighted by molar-refractivity contribution is -0.121. The third kappa shape index (κ3) is 6.98. The van der Waals surface area contributed by atoms with E-state index in [1.807, 2.05) is 53.7 Å². The van der Waals surface area contributed by atoms with Crippen LogP contribution in [0.5, 0.6) is 5.75 Å². The van der Waals surface area contributed by atoms with Crippen LogP contribution >= 0.6 is 0 Å². The lowest BCUT2D eigenvalue weighted by Gasteiger charge is -2.48. The third-order valence-corrected chi connectivity index (χ3v) is 8.46. The zero-order chi connectivity index (χ0) is 33.0.